The highest BCUT2D eigenvalue weighted by Gasteiger charge is 2.16. The fourth-order valence-corrected chi connectivity index (χ4v) is 2.24. The van der Waals surface area contributed by atoms with Gasteiger partial charge < -0.3 is 10.2 Å². The molecular weight excluding hydrogens is 212 g/mol. The highest BCUT2D eigenvalue weighted by atomic mass is 32.1. The molecule has 2 N–H and O–H groups in total. The number of rotatable bonds is 2. The van der Waals surface area contributed by atoms with Crippen LogP contribution in [0.3, 0.4) is 0 Å². The fourth-order valence-electron chi connectivity index (χ4n) is 1.30. The second-order valence-corrected chi connectivity index (χ2v) is 3.88. The van der Waals surface area contributed by atoms with Crippen molar-refractivity contribution in [2.24, 2.45) is 0 Å². The summed E-state index contributed by atoms with van der Waals surface area (Å²) < 4.78 is 0. The molecule has 15 heavy (non-hydrogen) atoms. The number of carboxylic acids is 1. The van der Waals surface area contributed by atoms with E-state index in [1.807, 2.05) is 30.3 Å². The first kappa shape index (κ1) is 9.73. The summed E-state index contributed by atoms with van der Waals surface area (Å²) in [6, 6.07) is 9.21. The molecule has 0 amide bonds. The van der Waals surface area contributed by atoms with E-state index in [-0.39, 0.29) is 11.3 Å². The van der Waals surface area contributed by atoms with Gasteiger partial charge in [-0.2, -0.15) is 0 Å². The maximum absolute atomic E-state index is 10.7. The summed E-state index contributed by atoms with van der Waals surface area (Å²) in [7, 11) is 0. The lowest BCUT2D eigenvalue weighted by Crippen LogP contribution is -1.92. The quantitative estimate of drug-likeness (QED) is 0.818. The Labute approximate surface area is 90.2 Å². The van der Waals surface area contributed by atoms with E-state index in [0.29, 0.717) is 4.88 Å². The van der Waals surface area contributed by atoms with Gasteiger partial charge in [-0.3, -0.25) is 0 Å². The molecule has 1 aromatic carbocycles. The molecule has 0 spiro atoms. The van der Waals surface area contributed by atoms with E-state index >= 15 is 0 Å². The molecule has 3 nitrogen and oxygen atoms in total. The van der Waals surface area contributed by atoms with Crippen LogP contribution in [0.25, 0.3) is 10.4 Å². The molecule has 0 saturated carbocycles. The van der Waals surface area contributed by atoms with E-state index in [1.165, 1.54) is 16.7 Å². The molecule has 0 aliphatic rings. The van der Waals surface area contributed by atoms with Crippen LogP contribution in [-0.2, 0) is 0 Å². The van der Waals surface area contributed by atoms with Gasteiger partial charge in [-0.15, -0.1) is 11.3 Å². The maximum atomic E-state index is 10.7. The predicted octanol–water partition coefficient (Wildman–Crippen LogP) is 2.82. The van der Waals surface area contributed by atoms with Crippen LogP contribution in [-0.4, -0.2) is 16.2 Å². The molecule has 0 bridgehead atoms. The Hall–Kier alpha value is -1.81. The molecule has 0 saturated heterocycles. The number of benzene rings is 1. The van der Waals surface area contributed by atoms with Crippen molar-refractivity contribution in [3.63, 3.8) is 0 Å². The van der Waals surface area contributed by atoms with Gasteiger partial charge in [0, 0.05) is 5.38 Å². The number of thiophene rings is 1. The largest absolute Gasteiger partial charge is 0.506 e. The Morgan fingerprint density at radius 1 is 1.20 bits per heavy atom. The van der Waals surface area contributed by atoms with E-state index in [2.05, 4.69) is 0 Å². The van der Waals surface area contributed by atoms with Crippen molar-refractivity contribution in [1.82, 2.24) is 0 Å². The Morgan fingerprint density at radius 2 is 1.87 bits per heavy atom. The van der Waals surface area contributed by atoms with Gasteiger partial charge in [-0.05, 0) is 5.56 Å². The molecular formula is C11H8O3S. The molecule has 0 atom stereocenters. The van der Waals surface area contributed by atoms with Gasteiger partial charge in [0.1, 0.15) is 11.3 Å². The topological polar surface area (TPSA) is 57.5 Å². The first-order chi connectivity index (χ1) is 7.20. The number of hydrogen-bond donors (Lipinski definition) is 2. The van der Waals surface area contributed by atoms with Crippen LogP contribution in [0.2, 0.25) is 0 Å². The van der Waals surface area contributed by atoms with E-state index in [9.17, 15) is 9.90 Å². The van der Waals surface area contributed by atoms with E-state index in [4.69, 9.17) is 5.11 Å². The average Bonchev–Trinajstić information content (AvgIpc) is 2.61. The molecule has 0 aliphatic heterocycles. The Bertz CT molecular complexity index is 488. The number of carbonyl (C=O) groups is 1. The fraction of sp³-hybridized carbons (Fsp3) is 0. The lowest BCUT2D eigenvalue weighted by molar-refractivity contribution is 0.0694. The molecule has 1 aromatic heterocycles. The van der Waals surface area contributed by atoms with Gasteiger partial charge in [0.2, 0.25) is 0 Å². The van der Waals surface area contributed by atoms with Crippen molar-refractivity contribution in [1.29, 1.82) is 0 Å². The predicted molar refractivity (Wildman–Crippen MR) is 58.4 cm³/mol. The van der Waals surface area contributed by atoms with Crippen LogP contribution in [0.4, 0.5) is 0 Å². The minimum Gasteiger partial charge on any atom is -0.506 e. The van der Waals surface area contributed by atoms with Crippen molar-refractivity contribution in [3.8, 4) is 16.2 Å². The number of carboxylic acid groups (broad SMARTS) is 1. The smallest absolute Gasteiger partial charge is 0.340 e. The first-order valence-corrected chi connectivity index (χ1v) is 5.17. The zero-order chi connectivity index (χ0) is 10.8. The number of hydrogen-bond acceptors (Lipinski definition) is 3. The molecule has 76 valence electrons. The van der Waals surface area contributed by atoms with Crippen molar-refractivity contribution in [2.45, 2.75) is 0 Å². The highest BCUT2D eigenvalue weighted by Crippen LogP contribution is 2.37. The molecule has 0 fully saturated rings. The normalized spacial score (nSPS) is 10.1. The molecule has 1 heterocycles. The summed E-state index contributed by atoms with van der Waals surface area (Å²) in [6.45, 7) is 0. The Kier molecular flexibility index (Phi) is 2.43. The zero-order valence-electron chi connectivity index (χ0n) is 7.68. The second-order valence-electron chi connectivity index (χ2n) is 3.00. The van der Waals surface area contributed by atoms with Crippen LogP contribution < -0.4 is 0 Å². The van der Waals surface area contributed by atoms with Crippen molar-refractivity contribution < 1.29 is 15.0 Å². The summed E-state index contributed by atoms with van der Waals surface area (Å²) >= 11 is 1.23. The standard InChI is InChI=1S/C11H8O3S/c12-9-8(11(13)14)6-15-10(9)7-4-2-1-3-5-7/h1-6,12H,(H,13,14). The lowest BCUT2D eigenvalue weighted by Gasteiger charge is -1.98. The van der Waals surface area contributed by atoms with Gasteiger partial charge in [0.05, 0.1) is 4.88 Å². The summed E-state index contributed by atoms with van der Waals surface area (Å²) in [5.74, 6) is -1.26. The minimum atomic E-state index is -1.11. The number of aromatic hydroxyl groups is 1. The number of aromatic carboxylic acids is 1. The summed E-state index contributed by atoms with van der Waals surface area (Å²) in [5, 5.41) is 19.9. The zero-order valence-corrected chi connectivity index (χ0v) is 8.49. The summed E-state index contributed by atoms with van der Waals surface area (Å²) in [5.41, 5.74) is 0.784. The van der Waals surface area contributed by atoms with Crippen molar-refractivity contribution in [2.75, 3.05) is 0 Å². The molecule has 0 radical (unpaired) electrons. The molecule has 2 aromatic rings. The third-order valence-electron chi connectivity index (χ3n) is 2.03. The van der Waals surface area contributed by atoms with Gasteiger partial charge in [-0.25, -0.2) is 4.79 Å². The molecule has 0 unspecified atom stereocenters. The molecule has 2 rings (SSSR count). The SMILES string of the molecule is O=C(O)c1csc(-c2ccccc2)c1O. The van der Waals surface area contributed by atoms with Crippen LogP contribution in [0.15, 0.2) is 35.7 Å². The lowest BCUT2D eigenvalue weighted by atomic mass is 10.1. The molecule has 0 aliphatic carbocycles. The first-order valence-electron chi connectivity index (χ1n) is 4.29. The van der Waals surface area contributed by atoms with Crippen LogP contribution in [0.1, 0.15) is 10.4 Å². The average molecular weight is 220 g/mol. The third kappa shape index (κ3) is 1.71. The van der Waals surface area contributed by atoms with E-state index < -0.39 is 5.97 Å². The van der Waals surface area contributed by atoms with Gasteiger partial charge in [-0.1, -0.05) is 30.3 Å². The van der Waals surface area contributed by atoms with Crippen LogP contribution in [0, 0.1) is 0 Å². The van der Waals surface area contributed by atoms with Crippen LogP contribution >= 0.6 is 11.3 Å². The van der Waals surface area contributed by atoms with Gasteiger partial charge >= 0.3 is 5.97 Å². The van der Waals surface area contributed by atoms with Crippen LogP contribution in [0.5, 0.6) is 5.75 Å². The van der Waals surface area contributed by atoms with E-state index in [0.717, 1.165) is 5.56 Å². The second kappa shape index (κ2) is 3.74. The van der Waals surface area contributed by atoms with Crippen molar-refractivity contribution in [3.05, 3.63) is 41.3 Å². The third-order valence-corrected chi connectivity index (χ3v) is 3.05. The molecule has 4 heteroatoms. The highest BCUT2D eigenvalue weighted by molar-refractivity contribution is 7.14. The van der Waals surface area contributed by atoms with E-state index in [1.54, 1.807) is 0 Å². The van der Waals surface area contributed by atoms with Gasteiger partial charge in [0.25, 0.3) is 0 Å². The Balaban J connectivity index is 2.52. The van der Waals surface area contributed by atoms with Gasteiger partial charge in [0.15, 0.2) is 0 Å². The monoisotopic (exact) mass is 220 g/mol. The summed E-state index contributed by atoms with van der Waals surface area (Å²) in [4.78, 5) is 11.3. The maximum Gasteiger partial charge on any atom is 0.340 e. The summed E-state index contributed by atoms with van der Waals surface area (Å²) in [6.07, 6.45) is 0. The Morgan fingerprint density at radius 3 is 2.40 bits per heavy atom. The van der Waals surface area contributed by atoms with Crippen molar-refractivity contribution >= 4 is 17.3 Å². The minimum absolute atomic E-state index is 0.0427.